The molecule has 3 N–H and O–H groups in total. The van der Waals surface area contributed by atoms with E-state index in [2.05, 4.69) is 16.0 Å². The van der Waals surface area contributed by atoms with Crippen molar-refractivity contribution in [1.82, 2.24) is 5.32 Å². The van der Waals surface area contributed by atoms with Crippen LogP contribution in [0.3, 0.4) is 0 Å². The zero-order valence-electron chi connectivity index (χ0n) is 17.3. The smallest absolute Gasteiger partial charge is 0.329 e. The summed E-state index contributed by atoms with van der Waals surface area (Å²) in [6, 6.07) is 14.3. The van der Waals surface area contributed by atoms with Gasteiger partial charge in [0, 0.05) is 11.4 Å². The number of benzene rings is 2. The molecule has 2 aromatic rings. The summed E-state index contributed by atoms with van der Waals surface area (Å²) in [4.78, 5) is 36.6. The Morgan fingerprint density at radius 2 is 1.53 bits per heavy atom. The number of carbonyl (C=O) groups excluding carboxylic acids is 3. The fraction of sp³-hybridized carbons (Fsp3) is 0.318. The molecule has 0 radical (unpaired) electrons. The van der Waals surface area contributed by atoms with Crippen LogP contribution in [0.2, 0.25) is 0 Å². The van der Waals surface area contributed by atoms with Gasteiger partial charge in [-0.25, -0.2) is 9.59 Å². The van der Waals surface area contributed by atoms with E-state index in [1.807, 2.05) is 13.0 Å². The van der Waals surface area contributed by atoms with E-state index in [4.69, 9.17) is 9.47 Å². The van der Waals surface area contributed by atoms with Crippen molar-refractivity contribution in [2.75, 3.05) is 23.8 Å². The molecule has 2 aromatic carbocycles. The van der Waals surface area contributed by atoms with Crippen LogP contribution in [0.1, 0.15) is 20.8 Å². The molecule has 0 aliphatic heterocycles. The summed E-state index contributed by atoms with van der Waals surface area (Å²) in [5.74, 6) is -0.700. The number of hydrogen-bond donors (Lipinski definition) is 3. The third kappa shape index (κ3) is 7.46. The van der Waals surface area contributed by atoms with E-state index < -0.39 is 30.6 Å². The molecule has 0 saturated carbocycles. The summed E-state index contributed by atoms with van der Waals surface area (Å²) < 4.78 is 10.4. The lowest BCUT2D eigenvalue weighted by molar-refractivity contribution is -0.150. The van der Waals surface area contributed by atoms with Gasteiger partial charge < -0.3 is 25.4 Å². The number of para-hydroxylation sites is 1. The largest absolute Gasteiger partial charge is 0.494 e. The van der Waals surface area contributed by atoms with Crippen molar-refractivity contribution in [2.24, 2.45) is 5.92 Å². The van der Waals surface area contributed by atoms with Gasteiger partial charge in [0.1, 0.15) is 11.8 Å². The number of anilines is 2. The Morgan fingerprint density at radius 3 is 2.13 bits per heavy atom. The topological polar surface area (TPSA) is 106 Å². The monoisotopic (exact) mass is 413 g/mol. The summed E-state index contributed by atoms with van der Waals surface area (Å²) in [6.45, 7) is 5.52. The minimum Gasteiger partial charge on any atom is -0.494 e. The first-order valence-electron chi connectivity index (χ1n) is 9.71. The van der Waals surface area contributed by atoms with Crippen molar-refractivity contribution >= 4 is 29.3 Å². The Hall–Kier alpha value is -3.55. The molecule has 2 rings (SSSR count). The van der Waals surface area contributed by atoms with Crippen LogP contribution in [0.15, 0.2) is 54.6 Å². The zero-order valence-corrected chi connectivity index (χ0v) is 17.3. The van der Waals surface area contributed by atoms with Gasteiger partial charge in [0.15, 0.2) is 6.61 Å². The molecule has 8 nitrogen and oxygen atoms in total. The van der Waals surface area contributed by atoms with Gasteiger partial charge in [-0.3, -0.25) is 4.79 Å². The third-order valence-electron chi connectivity index (χ3n) is 4.03. The van der Waals surface area contributed by atoms with Crippen LogP contribution >= 0.6 is 0 Å². The third-order valence-corrected chi connectivity index (χ3v) is 4.03. The molecule has 3 amide bonds. The maximum atomic E-state index is 12.4. The number of urea groups is 1. The fourth-order valence-corrected chi connectivity index (χ4v) is 2.55. The van der Waals surface area contributed by atoms with E-state index in [9.17, 15) is 14.4 Å². The van der Waals surface area contributed by atoms with Gasteiger partial charge in [0.2, 0.25) is 0 Å². The van der Waals surface area contributed by atoms with Gasteiger partial charge in [-0.1, -0.05) is 32.0 Å². The van der Waals surface area contributed by atoms with Crippen LogP contribution in [0, 0.1) is 5.92 Å². The van der Waals surface area contributed by atoms with E-state index >= 15 is 0 Å². The summed E-state index contributed by atoms with van der Waals surface area (Å²) in [7, 11) is 0. The van der Waals surface area contributed by atoms with E-state index in [-0.39, 0.29) is 5.92 Å². The molecular weight excluding hydrogens is 386 g/mol. The summed E-state index contributed by atoms with van der Waals surface area (Å²) in [6.07, 6.45) is 0. The SMILES string of the molecule is CCOc1ccc(NC(=O)COC(=O)[C@@H](NC(=O)Nc2ccccc2)C(C)C)cc1. The first kappa shape index (κ1) is 22.7. The number of rotatable bonds is 9. The highest BCUT2D eigenvalue weighted by atomic mass is 16.5. The summed E-state index contributed by atoms with van der Waals surface area (Å²) >= 11 is 0. The standard InChI is InChI=1S/C22H27N3O5/c1-4-29-18-12-10-17(11-13-18)23-19(26)14-30-21(27)20(15(2)3)25-22(28)24-16-8-6-5-7-9-16/h5-13,15,20H,4,14H2,1-3H3,(H,23,26)(H2,24,25,28)/t20-/m0/s1. The van der Waals surface area contributed by atoms with Gasteiger partial charge in [0.25, 0.3) is 5.91 Å². The number of hydrogen-bond acceptors (Lipinski definition) is 5. The maximum Gasteiger partial charge on any atom is 0.329 e. The highest BCUT2D eigenvalue weighted by Crippen LogP contribution is 2.15. The molecule has 1 atom stereocenters. The number of carbonyl (C=O) groups is 3. The van der Waals surface area contributed by atoms with Crippen LogP contribution in [0.25, 0.3) is 0 Å². The summed E-state index contributed by atoms with van der Waals surface area (Å²) in [5, 5.41) is 7.87. The zero-order chi connectivity index (χ0) is 21.9. The molecule has 0 aromatic heterocycles. The predicted octanol–water partition coefficient (Wildman–Crippen LogP) is 3.41. The van der Waals surface area contributed by atoms with Crippen LogP contribution in [-0.4, -0.2) is 37.2 Å². The molecule has 0 unspecified atom stereocenters. The first-order chi connectivity index (χ1) is 14.4. The highest BCUT2D eigenvalue weighted by molar-refractivity contribution is 5.95. The first-order valence-corrected chi connectivity index (χ1v) is 9.71. The maximum absolute atomic E-state index is 12.4. The Labute approximate surface area is 175 Å². The number of ether oxygens (including phenoxy) is 2. The number of nitrogens with one attached hydrogen (secondary N) is 3. The second-order valence-corrected chi connectivity index (χ2v) is 6.80. The Balaban J connectivity index is 1.83. The van der Waals surface area contributed by atoms with Gasteiger partial charge in [-0.2, -0.15) is 0 Å². The van der Waals surface area contributed by atoms with Crippen molar-refractivity contribution in [1.29, 1.82) is 0 Å². The molecule has 30 heavy (non-hydrogen) atoms. The molecule has 8 heteroatoms. The molecule has 0 saturated heterocycles. The van der Waals surface area contributed by atoms with Crippen LogP contribution in [0.5, 0.6) is 5.75 Å². The van der Waals surface area contributed by atoms with Crippen molar-refractivity contribution in [3.8, 4) is 5.75 Å². The molecule has 160 valence electrons. The Morgan fingerprint density at radius 1 is 0.900 bits per heavy atom. The van der Waals surface area contributed by atoms with Gasteiger partial charge in [-0.15, -0.1) is 0 Å². The van der Waals surface area contributed by atoms with Crippen molar-refractivity contribution < 1.29 is 23.9 Å². The number of amides is 3. The molecule has 0 fully saturated rings. The van der Waals surface area contributed by atoms with E-state index in [0.717, 1.165) is 0 Å². The molecule has 0 heterocycles. The molecular formula is C22H27N3O5. The average Bonchev–Trinajstić information content (AvgIpc) is 2.72. The van der Waals surface area contributed by atoms with Gasteiger partial charge in [0.05, 0.1) is 6.61 Å². The van der Waals surface area contributed by atoms with Crippen LogP contribution in [-0.2, 0) is 14.3 Å². The molecule has 0 aliphatic rings. The van der Waals surface area contributed by atoms with Gasteiger partial charge >= 0.3 is 12.0 Å². The van der Waals surface area contributed by atoms with Crippen molar-refractivity contribution in [3.63, 3.8) is 0 Å². The fourth-order valence-electron chi connectivity index (χ4n) is 2.55. The molecule has 0 spiro atoms. The quantitative estimate of drug-likeness (QED) is 0.546. The normalized spacial score (nSPS) is 11.3. The van der Waals surface area contributed by atoms with E-state index in [1.165, 1.54) is 0 Å². The second kappa shape index (κ2) is 11.5. The van der Waals surface area contributed by atoms with E-state index in [0.29, 0.717) is 23.7 Å². The minimum atomic E-state index is -0.896. The highest BCUT2D eigenvalue weighted by Gasteiger charge is 2.26. The minimum absolute atomic E-state index is 0.229. The van der Waals surface area contributed by atoms with Crippen LogP contribution in [0.4, 0.5) is 16.2 Å². The summed E-state index contributed by atoms with van der Waals surface area (Å²) in [5.41, 5.74) is 1.15. The van der Waals surface area contributed by atoms with Crippen molar-refractivity contribution in [3.05, 3.63) is 54.6 Å². The lowest BCUT2D eigenvalue weighted by Gasteiger charge is -2.21. The average molecular weight is 413 g/mol. The second-order valence-electron chi connectivity index (χ2n) is 6.80. The number of esters is 1. The lowest BCUT2D eigenvalue weighted by Crippen LogP contribution is -2.47. The molecule has 0 aliphatic carbocycles. The van der Waals surface area contributed by atoms with E-state index in [1.54, 1.807) is 62.4 Å². The molecule has 0 bridgehead atoms. The van der Waals surface area contributed by atoms with Crippen molar-refractivity contribution in [2.45, 2.75) is 26.8 Å². The van der Waals surface area contributed by atoms with Crippen LogP contribution < -0.4 is 20.7 Å². The Kier molecular flexibility index (Phi) is 8.68. The van der Waals surface area contributed by atoms with Gasteiger partial charge in [-0.05, 0) is 49.2 Å². The Bertz CT molecular complexity index is 838. The lowest BCUT2D eigenvalue weighted by atomic mass is 10.1. The predicted molar refractivity (Wildman–Crippen MR) is 114 cm³/mol.